The van der Waals surface area contributed by atoms with Crippen molar-refractivity contribution in [2.45, 2.75) is 26.7 Å². The van der Waals surface area contributed by atoms with Crippen LogP contribution in [0.3, 0.4) is 0 Å². The predicted molar refractivity (Wildman–Crippen MR) is 85.1 cm³/mol. The van der Waals surface area contributed by atoms with E-state index in [2.05, 4.69) is 15.5 Å². The van der Waals surface area contributed by atoms with Crippen LogP contribution in [0.25, 0.3) is 0 Å². The highest BCUT2D eigenvalue weighted by Gasteiger charge is 2.14. The van der Waals surface area contributed by atoms with Gasteiger partial charge in [-0.15, -0.1) is 0 Å². The molecule has 1 heterocycles. The molecule has 22 heavy (non-hydrogen) atoms. The van der Waals surface area contributed by atoms with Crippen LogP contribution >= 0.6 is 0 Å². The molecule has 0 spiro atoms. The molecule has 0 saturated heterocycles. The van der Waals surface area contributed by atoms with Crippen molar-refractivity contribution in [2.75, 3.05) is 5.32 Å². The average Bonchev–Trinajstić information content (AvgIpc) is 2.50. The van der Waals surface area contributed by atoms with E-state index >= 15 is 0 Å². The van der Waals surface area contributed by atoms with E-state index in [9.17, 15) is 9.90 Å². The van der Waals surface area contributed by atoms with E-state index < -0.39 is 0 Å². The van der Waals surface area contributed by atoms with Crippen molar-refractivity contribution in [3.8, 4) is 5.75 Å². The number of azo groups is 1. The summed E-state index contributed by atoms with van der Waals surface area (Å²) < 4.78 is 0. The lowest BCUT2D eigenvalue weighted by Crippen LogP contribution is -2.18. The van der Waals surface area contributed by atoms with Crippen LogP contribution in [0, 0.1) is 13.8 Å². The summed E-state index contributed by atoms with van der Waals surface area (Å²) in [5.41, 5.74) is 4.95. The molecule has 0 radical (unpaired) electrons. The van der Waals surface area contributed by atoms with Crippen LogP contribution < -0.4 is 5.32 Å². The van der Waals surface area contributed by atoms with Gasteiger partial charge in [0, 0.05) is 12.1 Å². The molecule has 2 aromatic rings. The molecule has 0 unspecified atom stereocenters. The van der Waals surface area contributed by atoms with E-state index in [1.165, 1.54) is 0 Å². The van der Waals surface area contributed by atoms with E-state index in [0.717, 1.165) is 34.5 Å². The minimum atomic E-state index is 0.0527. The number of nitrogens with one attached hydrogen (secondary N) is 1. The quantitative estimate of drug-likeness (QED) is 0.810. The number of aromatic hydroxyl groups is 1. The van der Waals surface area contributed by atoms with E-state index in [4.69, 9.17) is 0 Å². The number of fused-ring (bicyclic) bond motifs is 1. The summed E-state index contributed by atoms with van der Waals surface area (Å²) in [6.45, 7) is 3.67. The first-order chi connectivity index (χ1) is 10.5. The van der Waals surface area contributed by atoms with Gasteiger partial charge in [-0.1, -0.05) is 0 Å². The first-order valence-corrected chi connectivity index (χ1v) is 7.17. The van der Waals surface area contributed by atoms with Crippen LogP contribution in [0.2, 0.25) is 0 Å². The van der Waals surface area contributed by atoms with Gasteiger partial charge in [-0.3, -0.25) is 4.79 Å². The Hall–Kier alpha value is -2.69. The Bertz CT molecular complexity index is 758. The lowest BCUT2D eigenvalue weighted by molar-refractivity contribution is -0.116. The summed E-state index contributed by atoms with van der Waals surface area (Å²) in [5.74, 6) is 0.348. The van der Waals surface area contributed by atoms with Crippen molar-refractivity contribution < 1.29 is 9.90 Å². The standard InChI is InChI=1S/C17H17N3O2/c1-10-7-14(8-11(2)17(10)22)20-19-13-4-5-15-12(9-13)3-6-16(21)18-15/h4-5,7-9,22H,3,6H2,1-2H3,(H,18,21). The summed E-state index contributed by atoms with van der Waals surface area (Å²) in [5, 5.41) is 21.1. The average molecular weight is 295 g/mol. The molecule has 1 aliphatic heterocycles. The Balaban J connectivity index is 1.86. The molecular formula is C17H17N3O2. The van der Waals surface area contributed by atoms with Crippen molar-refractivity contribution in [2.24, 2.45) is 10.2 Å². The first kappa shape index (κ1) is 14.3. The minimum Gasteiger partial charge on any atom is -0.507 e. The van der Waals surface area contributed by atoms with Gasteiger partial charge in [0.15, 0.2) is 0 Å². The number of aryl methyl sites for hydroxylation is 3. The summed E-state index contributed by atoms with van der Waals surface area (Å²) in [6.07, 6.45) is 1.23. The molecule has 2 aromatic carbocycles. The number of rotatable bonds is 2. The number of benzene rings is 2. The maximum absolute atomic E-state index is 11.3. The number of nitrogens with zero attached hydrogens (tertiary/aromatic N) is 2. The highest BCUT2D eigenvalue weighted by Crippen LogP contribution is 2.30. The second kappa shape index (κ2) is 5.60. The second-order valence-electron chi connectivity index (χ2n) is 5.52. The van der Waals surface area contributed by atoms with Crippen molar-refractivity contribution >= 4 is 23.0 Å². The lowest BCUT2D eigenvalue weighted by Gasteiger charge is -2.16. The molecule has 0 aromatic heterocycles. The van der Waals surface area contributed by atoms with Gasteiger partial charge in [-0.2, -0.15) is 10.2 Å². The fraction of sp³-hybridized carbons (Fsp3) is 0.235. The zero-order valence-corrected chi connectivity index (χ0v) is 12.6. The molecular weight excluding hydrogens is 278 g/mol. The molecule has 1 aliphatic rings. The van der Waals surface area contributed by atoms with Crippen LogP contribution in [-0.4, -0.2) is 11.0 Å². The van der Waals surface area contributed by atoms with Crippen molar-refractivity contribution in [3.63, 3.8) is 0 Å². The summed E-state index contributed by atoms with van der Waals surface area (Å²) in [4.78, 5) is 11.3. The van der Waals surface area contributed by atoms with E-state index in [1.807, 2.05) is 32.0 Å². The smallest absolute Gasteiger partial charge is 0.224 e. The number of carbonyl (C=O) groups is 1. The van der Waals surface area contributed by atoms with Crippen LogP contribution in [0.15, 0.2) is 40.6 Å². The van der Waals surface area contributed by atoms with Gasteiger partial charge in [0.05, 0.1) is 11.4 Å². The molecule has 3 rings (SSSR count). The van der Waals surface area contributed by atoms with Crippen molar-refractivity contribution in [1.29, 1.82) is 0 Å². The molecule has 1 amide bonds. The molecule has 0 atom stereocenters. The topological polar surface area (TPSA) is 74.0 Å². The van der Waals surface area contributed by atoms with Gasteiger partial charge >= 0.3 is 0 Å². The van der Waals surface area contributed by atoms with Gasteiger partial charge in [0.1, 0.15) is 5.75 Å². The number of amides is 1. The normalized spacial score (nSPS) is 14.0. The fourth-order valence-electron chi connectivity index (χ4n) is 2.54. The largest absolute Gasteiger partial charge is 0.507 e. The number of hydrogen-bond donors (Lipinski definition) is 2. The Kier molecular flexibility index (Phi) is 3.63. The SMILES string of the molecule is Cc1cc(N=Nc2ccc3c(c2)CCC(=O)N3)cc(C)c1O. The summed E-state index contributed by atoms with van der Waals surface area (Å²) >= 11 is 0. The van der Waals surface area contributed by atoms with E-state index in [-0.39, 0.29) is 5.91 Å². The zero-order chi connectivity index (χ0) is 15.7. The molecule has 112 valence electrons. The minimum absolute atomic E-state index is 0.0527. The number of carbonyl (C=O) groups excluding carboxylic acids is 1. The van der Waals surface area contributed by atoms with Crippen molar-refractivity contribution in [1.82, 2.24) is 0 Å². The number of hydrogen-bond acceptors (Lipinski definition) is 4. The molecule has 0 bridgehead atoms. The van der Waals surface area contributed by atoms with E-state index in [1.54, 1.807) is 12.1 Å². The maximum atomic E-state index is 11.3. The monoisotopic (exact) mass is 295 g/mol. The van der Waals surface area contributed by atoms with Crippen LogP contribution in [-0.2, 0) is 11.2 Å². The third-order valence-electron chi connectivity index (χ3n) is 3.74. The molecule has 5 nitrogen and oxygen atoms in total. The van der Waals surface area contributed by atoms with Crippen LogP contribution in [0.4, 0.5) is 17.1 Å². The van der Waals surface area contributed by atoms with Gasteiger partial charge in [0.25, 0.3) is 0 Å². The van der Waals surface area contributed by atoms with Gasteiger partial charge in [0.2, 0.25) is 5.91 Å². The summed E-state index contributed by atoms with van der Waals surface area (Å²) in [7, 11) is 0. The Labute approximate surface area is 128 Å². The third-order valence-corrected chi connectivity index (χ3v) is 3.74. The first-order valence-electron chi connectivity index (χ1n) is 7.17. The van der Waals surface area contributed by atoms with Gasteiger partial charge in [-0.25, -0.2) is 0 Å². The number of phenols is 1. The van der Waals surface area contributed by atoms with Gasteiger partial charge in [-0.05, 0) is 67.3 Å². The molecule has 0 saturated carbocycles. The lowest BCUT2D eigenvalue weighted by atomic mass is 10.0. The molecule has 5 heteroatoms. The fourth-order valence-corrected chi connectivity index (χ4v) is 2.54. The zero-order valence-electron chi connectivity index (χ0n) is 12.6. The number of anilines is 1. The van der Waals surface area contributed by atoms with E-state index in [0.29, 0.717) is 17.9 Å². The number of phenolic OH excluding ortho intramolecular Hbond substituents is 1. The molecule has 2 N–H and O–H groups in total. The molecule has 0 aliphatic carbocycles. The second-order valence-corrected chi connectivity index (χ2v) is 5.52. The summed E-state index contributed by atoms with van der Waals surface area (Å²) in [6, 6.07) is 9.22. The third kappa shape index (κ3) is 2.83. The Morgan fingerprint density at radius 2 is 1.68 bits per heavy atom. The Morgan fingerprint density at radius 3 is 2.41 bits per heavy atom. The maximum Gasteiger partial charge on any atom is 0.224 e. The Morgan fingerprint density at radius 1 is 1.00 bits per heavy atom. The predicted octanol–water partition coefficient (Wildman–Crippen LogP) is 4.31. The van der Waals surface area contributed by atoms with Crippen LogP contribution in [0.1, 0.15) is 23.1 Å². The van der Waals surface area contributed by atoms with Gasteiger partial charge < -0.3 is 10.4 Å². The van der Waals surface area contributed by atoms with Crippen molar-refractivity contribution in [3.05, 3.63) is 47.0 Å². The molecule has 0 fully saturated rings. The van der Waals surface area contributed by atoms with Crippen LogP contribution in [0.5, 0.6) is 5.75 Å². The highest BCUT2D eigenvalue weighted by atomic mass is 16.3. The highest BCUT2D eigenvalue weighted by molar-refractivity contribution is 5.94.